The molecule has 0 saturated heterocycles. The van der Waals surface area contributed by atoms with E-state index in [9.17, 15) is 4.79 Å². The Bertz CT molecular complexity index is 684. The molecule has 1 atom stereocenters. The van der Waals surface area contributed by atoms with Crippen molar-refractivity contribution in [2.24, 2.45) is 0 Å². The molecule has 1 heterocycles. The maximum Gasteiger partial charge on any atom is 0.236 e. The number of fused-ring (bicyclic) bond motifs is 1. The zero-order chi connectivity index (χ0) is 13.6. The maximum absolute atomic E-state index is 12.2. The average Bonchev–Trinajstić information content (AvgIpc) is 2.72. The minimum absolute atomic E-state index is 0.146. The normalized spacial score (nSPS) is 17.2. The summed E-state index contributed by atoms with van der Waals surface area (Å²) in [6.45, 7) is 0. The highest BCUT2D eigenvalue weighted by atomic mass is 35.5. The highest BCUT2D eigenvalue weighted by Gasteiger charge is 2.35. The molecule has 96 valence electrons. The van der Waals surface area contributed by atoms with Gasteiger partial charge in [0, 0.05) is 16.3 Å². The first-order chi connectivity index (χ1) is 9.09. The zero-order valence-electron chi connectivity index (χ0n) is 9.58. The van der Waals surface area contributed by atoms with E-state index in [0.717, 1.165) is 5.56 Å². The number of benzene rings is 2. The maximum atomic E-state index is 12.2. The van der Waals surface area contributed by atoms with Gasteiger partial charge in [0.15, 0.2) is 0 Å². The summed E-state index contributed by atoms with van der Waals surface area (Å²) in [7, 11) is 0. The summed E-state index contributed by atoms with van der Waals surface area (Å²) in [5.74, 6) is -0.665. The molecule has 2 nitrogen and oxygen atoms in total. The van der Waals surface area contributed by atoms with Crippen LogP contribution in [0.2, 0.25) is 15.1 Å². The summed E-state index contributed by atoms with van der Waals surface area (Å²) in [5.41, 5.74) is 2.10. The van der Waals surface area contributed by atoms with Crippen LogP contribution in [0.5, 0.6) is 0 Å². The summed E-state index contributed by atoms with van der Waals surface area (Å²) in [5, 5.41) is 4.15. The average molecular weight is 313 g/mol. The van der Waals surface area contributed by atoms with E-state index in [1.807, 2.05) is 18.2 Å². The van der Waals surface area contributed by atoms with Crippen LogP contribution in [-0.4, -0.2) is 5.91 Å². The van der Waals surface area contributed by atoms with Crippen LogP contribution in [0.4, 0.5) is 5.69 Å². The van der Waals surface area contributed by atoms with E-state index < -0.39 is 5.92 Å². The molecule has 19 heavy (non-hydrogen) atoms. The van der Waals surface area contributed by atoms with Gasteiger partial charge < -0.3 is 5.32 Å². The largest absolute Gasteiger partial charge is 0.325 e. The minimum atomic E-state index is -0.519. The molecule has 0 aliphatic carbocycles. The summed E-state index contributed by atoms with van der Waals surface area (Å²) in [6, 6.07) is 10.6. The van der Waals surface area contributed by atoms with Gasteiger partial charge in [-0.05, 0) is 23.8 Å². The van der Waals surface area contributed by atoms with Crippen LogP contribution in [0, 0.1) is 0 Å². The molecule has 0 fully saturated rings. The number of amides is 1. The number of rotatable bonds is 1. The van der Waals surface area contributed by atoms with E-state index in [1.54, 1.807) is 18.2 Å². The van der Waals surface area contributed by atoms with Gasteiger partial charge in [0.05, 0.1) is 16.0 Å². The van der Waals surface area contributed by atoms with Crippen LogP contribution in [-0.2, 0) is 4.79 Å². The summed E-state index contributed by atoms with van der Waals surface area (Å²) in [6.07, 6.45) is 0. The predicted octanol–water partition coefficient (Wildman–Crippen LogP) is 4.73. The van der Waals surface area contributed by atoms with Gasteiger partial charge in [-0.15, -0.1) is 0 Å². The van der Waals surface area contributed by atoms with Crippen molar-refractivity contribution < 1.29 is 4.79 Å². The van der Waals surface area contributed by atoms with Crippen LogP contribution in [0.3, 0.4) is 0 Å². The number of carbonyl (C=O) groups is 1. The van der Waals surface area contributed by atoms with Gasteiger partial charge in [0.25, 0.3) is 0 Å². The molecule has 0 radical (unpaired) electrons. The molecule has 1 N–H and O–H groups in total. The van der Waals surface area contributed by atoms with Gasteiger partial charge in [-0.3, -0.25) is 4.79 Å². The third-order valence-corrected chi connectivity index (χ3v) is 4.32. The number of nitrogens with one attached hydrogen (secondary N) is 1. The molecule has 2 aromatic rings. The fourth-order valence-corrected chi connectivity index (χ4v) is 2.98. The minimum Gasteiger partial charge on any atom is -0.325 e. The third kappa shape index (κ3) is 2.00. The second-order valence-electron chi connectivity index (χ2n) is 4.27. The molecule has 1 amide bonds. The molecule has 1 unspecified atom stereocenters. The molecule has 0 bridgehead atoms. The van der Waals surface area contributed by atoms with Gasteiger partial charge in [-0.2, -0.15) is 0 Å². The van der Waals surface area contributed by atoms with Crippen LogP contribution in [0.15, 0.2) is 36.4 Å². The van der Waals surface area contributed by atoms with E-state index in [-0.39, 0.29) is 5.91 Å². The standard InChI is InChI=1S/C14H8Cl3NO/c15-8-4-2-1-3-7(8)11-12-10(18-14(11)19)6-5-9(16)13(12)17/h1-6,11H,(H,18,19). The van der Waals surface area contributed by atoms with Gasteiger partial charge >= 0.3 is 0 Å². The van der Waals surface area contributed by atoms with Gasteiger partial charge in [0.1, 0.15) is 0 Å². The Hall–Kier alpha value is -1.22. The van der Waals surface area contributed by atoms with Gasteiger partial charge in [0.2, 0.25) is 5.91 Å². The number of hydrogen-bond acceptors (Lipinski definition) is 1. The Labute approximate surface area is 125 Å². The molecular weight excluding hydrogens is 305 g/mol. The second-order valence-corrected chi connectivity index (χ2v) is 5.46. The predicted molar refractivity (Wildman–Crippen MR) is 78.4 cm³/mol. The van der Waals surface area contributed by atoms with E-state index >= 15 is 0 Å². The number of anilines is 1. The van der Waals surface area contributed by atoms with Crippen molar-refractivity contribution in [3.8, 4) is 0 Å². The molecule has 0 spiro atoms. The van der Waals surface area contributed by atoms with Crippen LogP contribution in [0.1, 0.15) is 17.0 Å². The van der Waals surface area contributed by atoms with Crippen molar-refractivity contribution in [2.45, 2.75) is 5.92 Å². The first-order valence-electron chi connectivity index (χ1n) is 5.63. The van der Waals surface area contributed by atoms with Crippen molar-refractivity contribution in [1.82, 2.24) is 0 Å². The molecule has 2 aromatic carbocycles. The lowest BCUT2D eigenvalue weighted by atomic mass is 9.92. The molecule has 1 aliphatic heterocycles. The highest BCUT2D eigenvalue weighted by Crippen LogP contribution is 2.45. The van der Waals surface area contributed by atoms with Gasteiger partial charge in [-0.25, -0.2) is 0 Å². The number of halogens is 3. The lowest BCUT2D eigenvalue weighted by molar-refractivity contribution is -0.116. The smallest absolute Gasteiger partial charge is 0.236 e. The Kier molecular flexibility index (Phi) is 3.17. The summed E-state index contributed by atoms with van der Waals surface area (Å²) >= 11 is 18.4. The number of hydrogen-bond donors (Lipinski definition) is 1. The SMILES string of the molecule is O=C1Nc2ccc(Cl)c(Cl)c2C1c1ccccc1Cl. The van der Waals surface area contributed by atoms with Crippen molar-refractivity contribution in [1.29, 1.82) is 0 Å². The quantitative estimate of drug-likeness (QED) is 0.810. The first-order valence-corrected chi connectivity index (χ1v) is 6.76. The molecule has 0 aromatic heterocycles. The lowest BCUT2D eigenvalue weighted by Crippen LogP contribution is -2.13. The fraction of sp³-hybridized carbons (Fsp3) is 0.0714. The van der Waals surface area contributed by atoms with Crippen LogP contribution >= 0.6 is 34.8 Å². The third-order valence-electron chi connectivity index (χ3n) is 3.16. The van der Waals surface area contributed by atoms with Crippen LogP contribution in [0.25, 0.3) is 0 Å². The fourth-order valence-electron chi connectivity index (χ4n) is 2.30. The first kappa shape index (κ1) is 12.8. The van der Waals surface area contributed by atoms with Crippen molar-refractivity contribution in [2.75, 3.05) is 5.32 Å². The Morgan fingerprint density at radius 1 is 0.947 bits per heavy atom. The Morgan fingerprint density at radius 3 is 2.42 bits per heavy atom. The molecule has 1 aliphatic rings. The molecular formula is C14H8Cl3NO. The van der Waals surface area contributed by atoms with Crippen molar-refractivity contribution in [3.05, 3.63) is 62.6 Å². The molecule has 3 rings (SSSR count). The lowest BCUT2D eigenvalue weighted by Gasteiger charge is -2.13. The van der Waals surface area contributed by atoms with E-state index in [2.05, 4.69) is 5.32 Å². The molecule has 5 heteroatoms. The highest BCUT2D eigenvalue weighted by molar-refractivity contribution is 6.43. The Balaban J connectivity index is 2.24. The summed E-state index contributed by atoms with van der Waals surface area (Å²) in [4.78, 5) is 12.2. The second kappa shape index (κ2) is 4.71. The van der Waals surface area contributed by atoms with E-state index in [1.165, 1.54) is 0 Å². The van der Waals surface area contributed by atoms with Crippen molar-refractivity contribution in [3.63, 3.8) is 0 Å². The van der Waals surface area contributed by atoms with Crippen LogP contribution < -0.4 is 5.32 Å². The summed E-state index contributed by atoms with van der Waals surface area (Å²) < 4.78 is 0. The topological polar surface area (TPSA) is 29.1 Å². The monoisotopic (exact) mass is 311 g/mol. The van der Waals surface area contributed by atoms with Gasteiger partial charge in [-0.1, -0.05) is 53.0 Å². The van der Waals surface area contributed by atoms with Crippen molar-refractivity contribution >= 4 is 46.4 Å². The van der Waals surface area contributed by atoms with E-state index in [0.29, 0.717) is 26.3 Å². The Morgan fingerprint density at radius 2 is 1.68 bits per heavy atom. The zero-order valence-corrected chi connectivity index (χ0v) is 11.9. The molecule has 0 saturated carbocycles. The van der Waals surface area contributed by atoms with E-state index in [4.69, 9.17) is 34.8 Å². The number of carbonyl (C=O) groups excluding carboxylic acids is 1.